The van der Waals surface area contributed by atoms with E-state index in [1.807, 2.05) is 24.4 Å². The van der Waals surface area contributed by atoms with Crippen LogP contribution in [0.2, 0.25) is 0 Å². The number of fused-ring (bicyclic) bond motifs is 1. The molecule has 1 aromatic heterocycles. The van der Waals surface area contributed by atoms with Crippen LogP contribution >= 0.6 is 0 Å². The SMILES string of the molecule is CC(C)CC(O)CCc1ccnc2ccccc12. The summed E-state index contributed by atoms with van der Waals surface area (Å²) in [6, 6.07) is 10.2. The van der Waals surface area contributed by atoms with Gasteiger partial charge in [-0.2, -0.15) is 0 Å². The van der Waals surface area contributed by atoms with Gasteiger partial charge in [0.15, 0.2) is 0 Å². The molecule has 0 spiro atoms. The number of nitrogens with zero attached hydrogens (tertiary/aromatic N) is 1. The molecule has 0 aliphatic heterocycles. The molecule has 2 aromatic rings. The van der Waals surface area contributed by atoms with Crippen molar-refractivity contribution in [1.29, 1.82) is 0 Å². The summed E-state index contributed by atoms with van der Waals surface area (Å²) in [6.07, 6.45) is 4.27. The third kappa shape index (κ3) is 3.30. The highest BCUT2D eigenvalue weighted by molar-refractivity contribution is 5.81. The molecule has 2 rings (SSSR count). The average molecular weight is 243 g/mol. The van der Waals surface area contributed by atoms with E-state index in [9.17, 15) is 5.11 Å². The minimum Gasteiger partial charge on any atom is -0.393 e. The van der Waals surface area contributed by atoms with Gasteiger partial charge in [0.25, 0.3) is 0 Å². The maximum atomic E-state index is 9.94. The second-order valence-corrected chi connectivity index (χ2v) is 5.31. The first-order valence-electron chi connectivity index (χ1n) is 6.67. The molecule has 1 N–H and O–H groups in total. The van der Waals surface area contributed by atoms with Gasteiger partial charge in [-0.25, -0.2) is 0 Å². The molecule has 1 aromatic carbocycles. The minimum absolute atomic E-state index is 0.197. The Bertz CT molecular complexity index is 502. The highest BCUT2D eigenvalue weighted by Gasteiger charge is 2.08. The van der Waals surface area contributed by atoms with Crippen LogP contribution in [0.15, 0.2) is 36.5 Å². The molecule has 1 unspecified atom stereocenters. The van der Waals surface area contributed by atoms with Gasteiger partial charge in [-0.15, -0.1) is 0 Å². The number of rotatable bonds is 5. The van der Waals surface area contributed by atoms with Gasteiger partial charge in [0, 0.05) is 11.6 Å². The Kier molecular flexibility index (Phi) is 4.32. The lowest BCUT2D eigenvalue weighted by atomic mass is 9.98. The predicted octanol–water partition coefficient (Wildman–Crippen LogP) is 3.57. The van der Waals surface area contributed by atoms with Crippen molar-refractivity contribution in [1.82, 2.24) is 4.98 Å². The number of para-hydroxylation sites is 1. The summed E-state index contributed by atoms with van der Waals surface area (Å²) in [4.78, 5) is 4.35. The molecule has 0 aliphatic carbocycles. The molecule has 1 heterocycles. The molecule has 96 valence electrons. The highest BCUT2D eigenvalue weighted by Crippen LogP contribution is 2.19. The first-order valence-corrected chi connectivity index (χ1v) is 6.67. The Morgan fingerprint density at radius 2 is 1.94 bits per heavy atom. The van der Waals surface area contributed by atoms with Gasteiger partial charge < -0.3 is 5.11 Å². The predicted molar refractivity (Wildman–Crippen MR) is 75.5 cm³/mol. The van der Waals surface area contributed by atoms with Crippen molar-refractivity contribution in [2.24, 2.45) is 5.92 Å². The second-order valence-electron chi connectivity index (χ2n) is 5.31. The molecule has 2 heteroatoms. The van der Waals surface area contributed by atoms with Crippen molar-refractivity contribution >= 4 is 10.9 Å². The van der Waals surface area contributed by atoms with Gasteiger partial charge in [0.2, 0.25) is 0 Å². The number of aryl methyl sites for hydroxylation is 1. The zero-order valence-electron chi connectivity index (χ0n) is 11.1. The van der Waals surface area contributed by atoms with Crippen LogP contribution in [0.1, 0.15) is 32.3 Å². The van der Waals surface area contributed by atoms with E-state index in [0.29, 0.717) is 5.92 Å². The van der Waals surface area contributed by atoms with Crippen molar-refractivity contribution in [3.05, 3.63) is 42.1 Å². The van der Waals surface area contributed by atoms with Crippen molar-refractivity contribution in [2.75, 3.05) is 0 Å². The molecular weight excluding hydrogens is 222 g/mol. The van der Waals surface area contributed by atoms with Crippen LogP contribution in [0.4, 0.5) is 0 Å². The normalized spacial score (nSPS) is 13.1. The fourth-order valence-corrected chi connectivity index (χ4v) is 2.36. The standard InChI is InChI=1S/C16H21NO/c1-12(2)11-14(18)8-7-13-9-10-17-16-6-4-3-5-15(13)16/h3-6,9-10,12,14,18H,7-8,11H2,1-2H3. The lowest BCUT2D eigenvalue weighted by Gasteiger charge is -2.13. The van der Waals surface area contributed by atoms with E-state index in [1.165, 1.54) is 10.9 Å². The average Bonchev–Trinajstić information content (AvgIpc) is 2.35. The smallest absolute Gasteiger partial charge is 0.0704 e. The Morgan fingerprint density at radius 1 is 1.17 bits per heavy atom. The fourth-order valence-electron chi connectivity index (χ4n) is 2.36. The minimum atomic E-state index is -0.197. The van der Waals surface area contributed by atoms with E-state index in [4.69, 9.17) is 0 Å². The number of aromatic nitrogens is 1. The summed E-state index contributed by atoms with van der Waals surface area (Å²) in [5, 5.41) is 11.1. The molecule has 0 aliphatic rings. The summed E-state index contributed by atoms with van der Waals surface area (Å²) in [7, 11) is 0. The molecule has 0 radical (unpaired) electrons. The molecule has 0 bridgehead atoms. The molecule has 18 heavy (non-hydrogen) atoms. The lowest BCUT2D eigenvalue weighted by molar-refractivity contribution is 0.140. The maximum absolute atomic E-state index is 9.94. The summed E-state index contributed by atoms with van der Waals surface area (Å²) in [5.74, 6) is 0.550. The number of aliphatic hydroxyl groups excluding tert-OH is 1. The van der Waals surface area contributed by atoms with Gasteiger partial charge in [0.1, 0.15) is 0 Å². The quantitative estimate of drug-likeness (QED) is 0.870. The molecule has 2 nitrogen and oxygen atoms in total. The monoisotopic (exact) mass is 243 g/mol. The summed E-state index contributed by atoms with van der Waals surface area (Å²) in [6.45, 7) is 4.29. The number of benzene rings is 1. The molecule has 1 atom stereocenters. The Morgan fingerprint density at radius 3 is 2.72 bits per heavy atom. The van der Waals surface area contributed by atoms with E-state index in [-0.39, 0.29) is 6.10 Å². The molecular formula is C16H21NO. The van der Waals surface area contributed by atoms with Crippen molar-refractivity contribution in [3.8, 4) is 0 Å². The molecule has 0 amide bonds. The lowest BCUT2D eigenvalue weighted by Crippen LogP contribution is -2.11. The highest BCUT2D eigenvalue weighted by atomic mass is 16.3. The number of hydrogen-bond donors (Lipinski definition) is 1. The number of pyridine rings is 1. The second kappa shape index (κ2) is 5.96. The van der Waals surface area contributed by atoms with E-state index in [2.05, 4.69) is 31.0 Å². The topological polar surface area (TPSA) is 33.1 Å². The number of aliphatic hydroxyl groups is 1. The van der Waals surface area contributed by atoms with Crippen molar-refractivity contribution in [2.45, 2.75) is 39.2 Å². The van der Waals surface area contributed by atoms with Crippen molar-refractivity contribution in [3.63, 3.8) is 0 Å². The van der Waals surface area contributed by atoms with Crippen LogP contribution in [0.25, 0.3) is 10.9 Å². The zero-order valence-corrected chi connectivity index (χ0v) is 11.1. The van der Waals surface area contributed by atoms with Crippen LogP contribution in [-0.4, -0.2) is 16.2 Å². The summed E-state index contributed by atoms with van der Waals surface area (Å²) in [5.41, 5.74) is 2.32. The third-order valence-corrected chi connectivity index (χ3v) is 3.23. The summed E-state index contributed by atoms with van der Waals surface area (Å²) < 4.78 is 0. The maximum Gasteiger partial charge on any atom is 0.0704 e. The zero-order chi connectivity index (χ0) is 13.0. The van der Waals surface area contributed by atoms with Gasteiger partial charge >= 0.3 is 0 Å². The van der Waals surface area contributed by atoms with Crippen LogP contribution < -0.4 is 0 Å². The van der Waals surface area contributed by atoms with Crippen LogP contribution in [0, 0.1) is 5.92 Å². The fraction of sp³-hybridized carbons (Fsp3) is 0.438. The third-order valence-electron chi connectivity index (χ3n) is 3.23. The Hall–Kier alpha value is -1.41. The molecule has 0 saturated heterocycles. The van der Waals surface area contributed by atoms with Gasteiger partial charge in [0.05, 0.1) is 11.6 Å². The Labute approximate surface area is 109 Å². The van der Waals surface area contributed by atoms with Crippen LogP contribution in [0.3, 0.4) is 0 Å². The van der Waals surface area contributed by atoms with Gasteiger partial charge in [-0.05, 0) is 42.9 Å². The molecule has 0 fully saturated rings. The van der Waals surface area contributed by atoms with Crippen molar-refractivity contribution < 1.29 is 5.11 Å². The van der Waals surface area contributed by atoms with E-state index in [1.54, 1.807) is 0 Å². The van der Waals surface area contributed by atoms with Crippen LogP contribution in [-0.2, 0) is 6.42 Å². The Balaban J connectivity index is 2.08. The van der Waals surface area contributed by atoms with E-state index < -0.39 is 0 Å². The number of hydrogen-bond acceptors (Lipinski definition) is 2. The largest absolute Gasteiger partial charge is 0.393 e. The summed E-state index contributed by atoms with van der Waals surface area (Å²) >= 11 is 0. The van der Waals surface area contributed by atoms with Crippen LogP contribution in [0.5, 0.6) is 0 Å². The van der Waals surface area contributed by atoms with Gasteiger partial charge in [-0.1, -0.05) is 32.0 Å². The van der Waals surface area contributed by atoms with E-state index >= 15 is 0 Å². The molecule has 0 saturated carbocycles. The first-order chi connectivity index (χ1) is 8.66. The first kappa shape index (κ1) is 13.0. The van der Waals surface area contributed by atoms with Gasteiger partial charge in [-0.3, -0.25) is 4.98 Å². The van der Waals surface area contributed by atoms with E-state index in [0.717, 1.165) is 24.8 Å².